The fourth-order valence-corrected chi connectivity index (χ4v) is 10.8. The van der Waals surface area contributed by atoms with Crippen LogP contribution >= 0.6 is 0 Å². The maximum atomic E-state index is 14.8. The molecule has 0 bridgehead atoms. The van der Waals surface area contributed by atoms with Crippen molar-refractivity contribution in [3.8, 4) is 0 Å². The van der Waals surface area contributed by atoms with Gasteiger partial charge in [-0.05, 0) is 191 Å². The monoisotopic (exact) mass is 1530 g/mol. The zero-order chi connectivity index (χ0) is 81.2. The number of ether oxygens (including phenoxy) is 2. The first-order valence-corrected chi connectivity index (χ1v) is 35.2. The highest BCUT2D eigenvalue weighted by atomic mass is 19.4. The molecule has 4 aromatic carbocycles. The smallest absolute Gasteiger partial charge is 0.475 e. The van der Waals surface area contributed by atoms with Crippen molar-refractivity contribution in [1.82, 2.24) is 41.9 Å². The van der Waals surface area contributed by atoms with Crippen LogP contribution in [0.4, 0.5) is 70.1 Å². The topological polar surface area (TPSA) is 374 Å². The number of anilines is 6. The number of benzene rings is 4. The van der Waals surface area contributed by atoms with Crippen LogP contribution in [0.2, 0.25) is 0 Å². The van der Waals surface area contributed by atoms with Gasteiger partial charge in [0.15, 0.2) is 0 Å². The van der Waals surface area contributed by atoms with E-state index in [1.54, 1.807) is 41.5 Å². The lowest BCUT2D eigenvalue weighted by Gasteiger charge is -2.26. The van der Waals surface area contributed by atoms with E-state index in [4.69, 9.17) is 45.0 Å². The summed E-state index contributed by atoms with van der Waals surface area (Å²) in [5, 5.41) is 42.2. The van der Waals surface area contributed by atoms with E-state index in [9.17, 15) is 59.9 Å². The zero-order valence-corrected chi connectivity index (χ0v) is 64.0. The Labute approximate surface area is 624 Å². The summed E-state index contributed by atoms with van der Waals surface area (Å²) in [7, 11) is 15.9. The first-order valence-electron chi connectivity index (χ1n) is 35.2. The van der Waals surface area contributed by atoms with Gasteiger partial charge in [-0.2, -0.15) is 26.3 Å². The van der Waals surface area contributed by atoms with Crippen LogP contribution < -0.4 is 67.9 Å². The Morgan fingerprint density at radius 2 is 0.667 bits per heavy atom. The maximum Gasteiger partial charge on any atom is 0.490 e. The number of amides is 7. The number of nitrogens with two attached hydrogens (primary N) is 1. The van der Waals surface area contributed by atoms with Crippen LogP contribution in [0.1, 0.15) is 126 Å². The Morgan fingerprint density at radius 3 is 0.907 bits per heavy atom. The van der Waals surface area contributed by atoms with Gasteiger partial charge in [0.2, 0.25) is 29.5 Å². The van der Waals surface area contributed by atoms with Gasteiger partial charge in [0.1, 0.15) is 35.4 Å². The van der Waals surface area contributed by atoms with Crippen LogP contribution in [0.15, 0.2) is 72.8 Å². The van der Waals surface area contributed by atoms with Crippen LogP contribution in [0.25, 0.3) is 43.6 Å². The van der Waals surface area contributed by atoms with Gasteiger partial charge >= 0.3 is 36.5 Å². The summed E-state index contributed by atoms with van der Waals surface area (Å²) in [6, 6.07) is 20.1. The quantitative estimate of drug-likeness (QED) is 0.0102. The molecule has 0 saturated heterocycles. The Kier molecular flexibility index (Phi) is 34.1. The third kappa shape index (κ3) is 30.4. The summed E-state index contributed by atoms with van der Waals surface area (Å²) >= 11 is 0. The fraction of sp³-hybridized carbons (Fsp3) is 0.527. The molecule has 0 spiro atoms. The molecule has 0 saturated carbocycles. The number of fused-ring (bicyclic) bond motifs is 4. The number of alkyl halides is 6. The number of halogens is 6. The highest BCUT2D eigenvalue weighted by Crippen LogP contribution is 2.37. The van der Waals surface area contributed by atoms with Crippen molar-refractivity contribution in [1.29, 1.82) is 0 Å². The third-order valence-electron chi connectivity index (χ3n) is 16.3. The van der Waals surface area contributed by atoms with Crippen molar-refractivity contribution < 1.29 is 89.2 Å². The number of aliphatic carboxylic acids is 2. The number of unbranched alkanes of at least 4 members (excludes halogenated alkanes) is 4. The number of nitrogens with zero attached hydrogens (tertiary/aromatic N) is 6. The van der Waals surface area contributed by atoms with Crippen molar-refractivity contribution in [3.05, 3.63) is 72.8 Å². The third-order valence-corrected chi connectivity index (χ3v) is 16.3. The summed E-state index contributed by atoms with van der Waals surface area (Å²) in [5.41, 5.74) is 13.8. The molecule has 4 atom stereocenters. The lowest BCUT2D eigenvalue weighted by molar-refractivity contribution is -0.193. The molecule has 7 amide bonds. The van der Waals surface area contributed by atoms with Gasteiger partial charge in [-0.15, -0.1) is 0 Å². The number of hydrogen-bond donors (Lipinski definition) is 11. The van der Waals surface area contributed by atoms with Crippen molar-refractivity contribution in [2.75, 3.05) is 113 Å². The molecule has 6 aromatic rings. The number of primary amides is 1. The van der Waals surface area contributed by atoms with Crippen LogP contribution in [-0.2, 0) is 43.0 Å². The molecule has 0 aliphatic rings. The lowest BCUT2D eigenvalue weighted by atomic mass is 10.0. The first-order chi connectivity index (χ1) is 50.3. The minimum absolute atomic E-state index is 0.0746. The molecule has 2 aromatic heterocycles. The molecule has 34 heteroatoms. The number of carbonyl (C=O) groups excluding carboxylic acids is 7. The number of rotatable bonds is 34. The Balaban J connectivity index is 0.00000160. The summed E-state index contributed by atoms with van der Waals surface area (Å²) in [5.74, 6) is -8.67. The van der Waals surface area contributed by atoms with E-state index in [1.165, 1.54) is 6.92 Å². The fourth-order valence-electron chi connectivity index (χ4n) is 10.8. The number of aromatic nitrogens is 2. The van der Waals surface area contributed by atoms with E-state index >= 15 is 0 Å². The van der Waals surface area contributed by atoms with Gasteiger partial charge < -0.3 is 87.6 Å². The zero-order valence-electron chi connectivity index (χ0n) is 64.0. The average Bonchev–Trinajstić information content (AvgIpc) is 0.770. The van der Waals surface area contributed by atoms with E-state index in [-0.39, 0.29) is 38.8 Å². The summed E-state index contributed by atoms with van der Waals surface area (Å²) in [6.45, 7) is 13.3. The van der Waals surface area contributed by atoms with Crippen molar-refractivity contribution >= 4 is 131 Å². The van der Waals surface area contributed by atoms with E-state index < -0.39 is 101 Å². The Hall–Kier alpha value is -10.6. The van der Waals surface area contributed by atoms with Gasteiger partial charge in [-0.1, -0.05) is 0 Å². The second kappa shape index (κ2) is 41.0. The van der Waals surface area contributed by atoms with Gasteiger partial charge in [0, 0.05) is 134 Å². The van der Waals surface area contributed by atoms with Crippen LogP contribution in [0.5, 0.6) is 0 Å². The molecule has 2 heterocycles. The standard InChI is InChI=1S/C70H103N15O9.2C2HF3O2/c1-44(86)76-54(25-17-21-37-73-62-51-34-30-47(84(12)13)42-59(51)78-60-43-48(85(14)15)31-35-52(60)62)64(88)80-56(27-19-23-39-75-68(92)94-70(5,6)7)66(90)81-55(26-18-22-38-74-67(91)93-69(2,3)4)65(89)79-53(63(71)87)24-16-20-36-72-61-49-32-28-45(82(8)9)40-57(49)77-58-41-46(83(10)11)29-33-50(58)61;2*3-2(4,5)1(6)7/h28-35,40-43,53-56H,16-27,36-39H2,1-15H3,(H2,71,87)(H,72,77)(H,73,78)(H,74,91)(H,75,92)(H,76,86)(H,79,89)(H,80,88)(H,81,90);2*(H,6,7)/t53-,54-,55-,56-;;/m0../s1. The largest absolute Gasteiger partial charge is 0.490 e. The van der Waals surface area contributed by atoms with E-state index in [1.807, 2.05) is 76.0 Å². The Bertz CT molecular complexity index is 3920. The molecular formula is C74H105F6N15O13. The number of hydrogen-bond acceptors (Lipinski definition) is 19. The van der Waals surface area contributed by atoms with Crippen molar-refractivity contribution in [2.24, 2.45) is 5.73 Å². The molecule has 108 heavy (non-hydrogen) atoms. The van der Waals surface area contributed by atoms with E-state index in [2.05, 4.69) is 115 Å². The SMILES string of the molecule is CC(=O)N[C@@H](CCCCNc1c2ccc(N(C)C)cc2nc2cc(N(C)C)ccc12)C(=O)N[C@@H](CCCCNC(=O)OC(C)(C)C)C(=O)N[C@@H](CCCCNC(=O)OC(C)(C)C)C(=O)N[C@@H](CCCCNc1c2ccc(N(C)C)cc2nc2cc(N(C)C)ccc12)C(N)=O.O=C(O)C(F)(F)F.O=C(O)C(F)(F)F. The maximum absolute atomic E-state index is 14.8. The predicted molar refractivity (Wildman–Crippen MR) is 407 cm³/mol. The molecule has 0 unspecified atom stereocenters. The van der Waals surface area contributed by atoms with Crippen LogP contribution in [0.3, 0.4) is 0 Å². The first kappa shape index (κ1) is 89.8. The molecule has 12 N–H and O–H groups in total. The summed E-state index contributed by atoms with van der Waals surface area (Å²) < 4.78 is 74.3. The number of alkyl carbamates (subject to hydrolysis) is 2. The highest BCUT2D eigenvalue weighted by molar-refractivity contribution is 6.10. The molecule has 596 valence electrons. The highest BCUT2D eigenvalue weighted by Gasteiger charge is 2.39. The van der Waals surface area contributed by atoms with E-state index in [0.29, 0.717) is 64.5 Å². The van der Waals surface area contributed by atoms with Crippen LogP contribution in [0, 0.1) is 0 Å². The number of carboxylic acids is 2. The number of nitrogens with one attached hydrogen (secondary N) is 8. The molecule has 0 aliphatic carbocycles. The molecule has 0 aliphatic heterocycles. The molecule has 28 nitrogen and oxygen atoms in total. The minimum Gasteiger partial charge on any atom is -0.475 e. The second-order valence-electron chi connectivity index (χ2n) is 28.5. The molecule has 6 rings (SSSR count). The minimum atomic E-state index is -5.08. The Morgan fingerprint density at radius 1 is 0.417 bits per heavy atom. The molecular weight excluding hydrogens is 1420 g/mol. The van der Waals surface area contributed by atoms with Crippen molar-refractivity contribution in [2.45, 2.75) is 173 Å². The van der Waals surface area contributed by atoms with E-state index in [0.717, 1.165) is 77.7 Å². The summed E-state index contributed by atoms with van der Waals surface area (Å²) in [4.78, 5) is 131. The summed E-state index contributed by atoms with van der Waals surface area (Å²) in [6.07, 6.45) is -7.12. The molecule has 0 fully saturated rings. The second-order valence-corrected chi connectivity index (χ2v) is 28.5. The van der Waals surface area contributed by atoms with Gasteiger partial charge in [-0.25, -0.2) is 29.1 Å². The number of carboxylic acid groups (broad SMARTS) is 2. The van der Waals surface area contributed by atoms with Crippen LogP contribution in [-0.4, -0.2) is 204 Å². The number of carbonyl (C=O) groups is 9. The van der Waals surface area contributed by atoms with Crippen molar-refractivity contribution in [3.63, 3.8) is 0 Å². The average molecular weight is 1530 g/mol. The molecule has 0 radical (unpaired) electrons. The van der Waals surface area contributed by atoms with Gasteiger partial charge in [-0.3, -0.25) is 24.0 Å². The normalized spacial score (nSPS) is 12.6. The lowest BCUT2D eigenvalue weighted by Crippen LogP contribution is -2.58. The van der Waals surface area contributed by atoms with Gasteiger partial charge in [0.25, 0.3) is 0 Å². The predicted octanol–water partition coefficient (Wildman–Crippen LogP) is 10.3. The van der Waals surface area contributed by atoms with Gasteiger partial charge in [0.05, 0.1) is 33.4 Å². The number of pyridine rings is 2.